The minimum absolute atomic E-state index is 0.0579. The summed E-state index contributed by atoms with van der Waals surface area (Å²) < 4.78 is 5.48. The molecule has 1 aliphatic rings. The fourth-order valence-corrected chi connectivity index (χ4v) is 3.28. The number of hydrogen-bond donors (Lipinski definition) is 2. The second-order valence-corrected chi connectivity index (χ2v) is 7.15. The molecule has 29 heavy (non-hydrogen) atoms. The van der Waals surface area contributed by atoms with Gasteiger partial charge in [-0.05, 0) is 44.0 Å². The van der Waals surface area contributed by atoms with E-state index in [1.165, 1.54) is 0 Å². The first-order valence-electron chi connectivity index (χ1n) is 9.59. The monoisotopic (exact) mass is 417 g/mol. The summed E-state index contributed by atoms with van der Waals surface area (Å²) in [4.78, 5) is 26.3. The van der Waals surface area contributed by atoms with Crippen LogP contribution in [0.1, 0.15) is 19.8 Å². The fraction of sp³-hybridized carbons (Fsp3) is 0.400. The number of carbonyl (C=O) groups is 2. The fourth-order valence-electron chi connectivity index (χ4n) is 3.18. The van der Waals surface area contributed by atoms with Crippen LogP contribution >= 0.6 is 11.6 Å². The molecule has 3 rings (SSSR count). The number of carbonyl (C=O) groups excluding carboxylic acids is 2. The van der Waals surface area contributed by atoms with Crippen molar-refractivity contribution in [3.63, 3.8) is 0 Å². The molecule has 1 atom stereocenters. The van der Waals surface area contributed by atoms with Gasteiger partial charge in [0.25, 0.3) is 5.91 Å². The van der Waals surface area contributed by atoms with Crippen molar-refractivity contribution in [1.82, 2.24) is 15.5 Å². The van der Waals surface area contributed by atoms with Crippen LogP contribution in [-0.4, -0.2) is 48.3 Å². The Labute approximate surface area is 174 Å². The van der Waals surface area contributed by atoms with E-state index in [9.17, 15) is 9.59 Å². The van der Waals surface area contributed by atoms with Crippen molar-refractivity contribution >= 4 is 34.9 Å². The molecule has 0 bridgehead atoms. The van der Waals surface area contributed by atoms with Crippen LogP contribution < -0.4 is 20.3 Å². The Balaban J connectivity index is 1.57. The molecule has 2 heterocycles. The zero-order valence-electron chi connectivity index (χ0n) is 16.2. The van der Waals surface area contributed by atoms with Gasteiger partial charge in [0.1, 0.15) is 5.75 Å². The van der Waals surface area contributed by atoms with Crippen LogP contribution in [0, 0.1) is 5.92 Å². The number of rotatable bonds is 7. The van der Waals surface area contributed by atoms with E-state index in [2.05, 4.69) is 20.8 Å². The minimum Gasteiger partial charge on any atom is -0.484 e. The molecular weight excluding hydrogens is 394 g/mol. The van der Waals surface area contributed by atoms with Crippen molar-refractivity contribution in [3.8, 4) is 5.75 Å². The molecule has 2 amide bonds. The maximum absolute atomic E-state index is 12.8. The first kappa shape index (κ1) is 20.9. The van der Waals surface area contributed by atoms with Crippen molar-refractivity contribution in [2.75, 3.05) is 36.5 Å². The Hall–Kier alpha value is -2.87. The highest BCUT2D eigenvalue weighted by Gasteiger charge is 2.27. The van der Waals surface area contributed by atoms with Crippen molar-refractivity contribution < 1.29 is 14.3 Å². The van der Waals surface area contributed by atoms with Crippen molar-refractivity contribution in [2.45, 2.75) is 19.8 Å². The maximum Gasteiger partial charge on any atom is 0.257 e. The normalized spacial score (nSPS) is 16.2. The maximum atomic E-state index is 12.8. The molecule has 0 aliphatic carbocycles. The largest absolute Gasteiger partial charge is 0.484 e. The summed E-state index contributed by atoms with van der Waals surface area (Å²) in [5.74, 6) is 0.830. The van der Waals surface area contributed by atoms with E-state index in [1.54, 1.807) is 30.3 Å². The number of piperidine rings is 1. The number of hydrogen-bond acceptors (Lipinski definition) is 6. The summed E-state index contributed by atoms with van der Waals surface area (Å²) in [6.45, 7) is 3.72. The van der Waals surface area contributed by atoms with Gasteiger partial charge in [0, 0.05) is 31.4 Å². The number of likely N-dealkylation sites (N-methyl/N-ethyl adjacent to an activating group) is 1. The van der Waals surface area contributed by atoms with Gasteiger partial charge in [-0.15, -0.1) is 10.2 Å². The van der Waals surface area contributed by atoms with Crippen LogP contribution in [0.3, 0.4) is 0 Å². The lowest BCUT2D eigenvalue weighted by Gasteiger charge is -2.32. The van der Waals surface area contributed by atoms with Gasteiger partial charge in [-0.25, -0.2) is 0 Å². The number of nitrogens with one attached hydrogen (secondary N) is 2. The molecule has 1 fully saturated rings. The van der Waals surface area contributed by atoms with E-state index in [-0.39, 0.29) is 24.3 Å². The summed E-state index contributed by atoms with van der Waals surface area (Å²) in [7, 11) is 0. The molecule has 2 N–H and O–H groups in total. The van der Waals surface area contributed by atoms with Gasteiger partial charge in [0.05, 0.1) is 5.92 Å². The summed E-state index contributed by atoms with van der Waals surface area (Å²) in [6.07, 6.45) is 1.69. The second-order valence-electron chi connectivity index (χ2n) is 6.76. The molecule has 9 heteroatoms. The van der Waals surface area contributed by atoms with E-state index in [0.29, 0.717) is 35.5 Å². The van der Waals surface area contributed by atoms with Gasteiger partial charge in [-0.1, -0.05) is 17.7 Å². The van der Waals surface area contributed by atoms with Gasteiger partial charge in [0.15, 0.2) is 17.6 Å². The molecule has 2 aromatic rings. The Morgan fingerprint density at radius 3 is 2.90 bits per heavy atom. The summed E-state index contributed by atoms with van der Waals surface area (Å²) in [6, 6.07) is 10.5. The van der Waals surface area contributed by atoms with E-state index in [0.717, 1.165) is 19.4 Å². The molecule has 1 aromatic heterocycles. The zero-order chi connectivity index (χ0) is 20.6. The number of amides is 2. The van der Waals surface area contributed by atoms with Gasteiger partial charge in [0.2, 0.25) is 5.91 Å². The molecular formula is C20H24ClN5O3. The predicted molar refractivity (Wildman–Crippen MR) is 111 cm³/mol. The molecule has 1 aromatic carbocycles. The first-order valence-corrected chi connectivity index (χ1v) is 9.97. The predicted octanol–water partition coefficient (Wildman–Crippen LogP) is 2.50. The van der Waals surface area contributed by atoms with Crippen LogP contribution in [0.4, 0.5) is 11.5 Å². The summed E-state index contributed by atoms with van der Waals surface area (Å²) >= 11 is 5.80. The zero-order valence-corrected chi connectivity index (χ0v) is 17.0. The molecule has 8 nitrogen and oxygen atoms in total. The number of benzene rings is 1. The Bertz CT molecular complexity index is 846. The van der Waals surface area contributed by atoms with Crippen LogP contribution in [0.25, 0.3) is 0 Å². The third-order valence-electron chi connectivity index (χ3n) is 4.58. The van der Waals surface area contributed by atoms with Gasteiger partial charge in [-0.3, -0.25) is 9.59 Å². The van der Waals surface area contributed by atoms with E-state index >= 15 is 0 Å². The molecule has 154 valence electrons. The lowest BCUT2D eigenvalue weighted by molar-refractivity contribution is -0.123. The highest BCUT2D eigenvalue weighted by atomic mass is 35.5. The van der Waals surface area contributed by atoms with Gasteiger partial charge >= 0.3 is 0 Å². The summed E-state index contributed by atoms with van der Waals surface area (Å²) in [5.41, 5.74) is 0.631. The molecule has 1 unspecified atom stereocenters. The van der Waals surface area contributed by atoms with Crippen molar-refractivity contribution in [2.24, 2.45) is 5.92 Å². The third kappa shape index (κ3) is 6.05. The van der Waals surface area contributed by atoms with E-state index in [4.69, 9.17) is 16.3 Å². The Morgan fingerprint density at radius 1 is 1.28 bits per heavy atom. The van der Waals surface area contributed by atoms with E-state index < -0.39 is 0 Å². The number of aromatic nitrogens is 2. The topological polar surface area (TPSA) is 96.5 Å². The van der Waals surface area contributed by atoms with E-state index in [1.807, 2.05) is 17.9 Å². The van der Waals surface area contributed by atoms with Crippen LogP contribution in [-0.2, 0) is 9.59 Å². The van der Waals surface area contributed by atoms with Crippen molar-refractivity contribution in [1.29, 1.82) is 0 Å². The lowest BCUT2D eigenvalue weighted by Crippen LogP contribution is -2.41. The minimum atomic E-state index is -0.186. The number of halogens is 1. The average molecular weight is 418 g/mol. The standard InChI is InChI=1S/C20H24ClN5O3/c1-2-22-19(27)13-29-16-7-3-6-15(11-16)23-20(28)14-5-4-10-26(12-14)18-9-8-17(21)24-25-18/h3,6-9,11,14H,2,4-5,10,12-13H2,1H3,(H,22,27)(H,23,28). The van der Waals surface area contributed by atoms with Gasteiger partial charge in [-0.2, -0.15) is 0 Å². The molecule has 0 saturated carbocycles. The second kappa shape index (κ2) is 10.1. The van der Waals surface area contributed by atoms with Crippen molar-refractivity contribution in [3.05, 3.63) is 41.6 Å². The third-order valence-corrected chi connectivity index (χ3v) is 4.78. The van der Waals surface area contributed by atoms with Crippen LogP contribution in [0.15, 0.2) is 36.4 Å². The van der Waals surface area contributed by atoms with Gasteiger partial charge < -0.3 is 20.3 Å². The van der Waals surface area contributed by atoms with Crippen LogP contribution in [0.5, 0.6) is 5.75 Å². The molecule has 1 saturated heterocycles. The highest BCUT2D eigenvalue weighted by Crippen LogP contribution is 2.24. The lowest BCUT2D eigenvalue weighted by atomic mass is 9.97. The molecule has 0 spiro atoms. The quantitative estimate of drug-likeness (QED) is 0.718. The number of ether oxygens (including phenoxy) is 1. The SMILES string of the molecule is CCNC(=O)COc1cccc(NC(=O)C2CCCN(c3ccc(Cl)nn3)C2)c1. The Kier molecular flexibility index (Phi) is 7.24. The summed E-state index contributed by atoms with van der Waals surface area (Å²) in [5, 5.41) is 13.9. The number of nitrogens with zero attached hydrogens (tertiary/aromatic N) is 3. The molecule has 0 radical (unpaired) electrons. The average Bonchev–Trinajstić information content (AvgIpc) is 2.73. The Morgan fingerprint density at radius 2 is 2.14 bits per heavy atom. The number of anilines is 2. The molecule has 1 aliphatic heterocycles. The first-order chi connectivity index (χ1) is 14.0. The highest BCUT2D eigenvalue weighted by molar-refractivity contribution is 6.29. The van der Waals surface area contributed by atoms with Crippen LogP contribution in [0.2, 0.25) is 5.15 Å². The smallest absolute Gasteiger partial charge is 0.257 e.